The number of hydrogen-bond donors (Lipinski definition) is 1. The second-order valence-electron chi connectivity index (χ2n) is 9.58. The molecule has 1 aromatic carbocycles. The molecule has 31 heavy (non-hydrogen) atoms. The highest BCUT2D eigenvalue weighted by Gasteiger charge is 2.53. The lowest BCUT2D eigenvalue weighted by Gasteiger charge is -2.32. The van der Waals surface area contributed by atoms with Gasteiger partial charge in [0.15, 0.2) is 0 Å². The summed E-state index contributed by atoms with van der Waals surface area (Å²) in [5.41, 5.74) is 1.04. The van der Waals surface area contributed by atoms with Crippen molar-refractivity contribution in [3.05, 3.63) is 54.4 Å². The van der Waals surface area contributed by atoms with Gasteiger partial charge in [0.25, 0.3) is 0 Å². The maximum atomic E-state index is 13.6. The lowest BCUT2D eigenvalue weighted by molar-refractivity contribution is -0.132. The van der Waals surface area contributed by atoms with Crippen LogP contribution >= 0.6 is 0 Å². The quantitative estimate of drug-likeness (QED) is 0.748. The topological polar surface area (TPSA) is 61.4 Å². The van der Waals surface area contributed by atoms with E-state index in [2.05, 4.69) is 55.4 Å². The van der Waals surface area contributed by atoms with Gasteiger partial charge >= 0.3 is 0 Å². The molecule has 2 atom stereocenters. The van der Waals surface area contributed by atoms with Gasteiger partial charge in [-0.2, -0.15) is 0 Å². The van der Waals surface area contributed by atoms with Crippen molar-refractivity contribution < 1.29 is 4.79 Å². The summed E-state index contributed by atoms with van der Waals surface area (Å²) in [7, 11) is 0. The average Bonchev–Trinajstić information content (AvgIpc) is 3.60. The zero-order chi connectivity index (χ0) is 21.1. The van der Waals surface area contributed by atoms with Crippen LogP contribution in [0.25, 0.3) is 0 Å². The van der Waals surface area contributed by atoms with Crippen LogP contribution in [0.5, 0.6) is 0 Å². The molecule has 2 aromatic rings. The number of benzene rings is 1. The van der Waals surface area contributed by atoms with Crippen LogP contribution in [0.3, 0.4) is 0 Å². The van der Waals surface area contributed by atoms with E-state index in [1.807, 2.05) is 6.07 Å². The minimum atomic E-state index is -0.338. The summed E-state index contributed by atoms with van der Waals surface area (Å²) in [6.07, 6.45) is 9.16. The number of carbonyl (C=O) groups excluding carboxylic acids is 1. The van der Waals surface area contributed by atoms with Gasteiger partial charge in [0.2, 0.25) is 11.9 Å². The van der Waals surface area contributed by atoms with Gasteiger partial charge < -0.3 is 15.1 Å². The second-order valence-corrected chi connectivity index (χ2v) is 9.58. The van der Waals surface area contributed by atoms with Gasteiger partial charge in [-0.3, -0.25) is 4.79 Å². The number of nitrogens with zero attached hydrogens (tertiary/aromatic N) is 4. The summed E-state index contributed by atoms with van der Waals surface area (Å²) in [4.78, 5) is 27.3. The Balaban J connectivity index is 1.32. The van der Waals surface area contributed by atoms with Crippen molar-refractivity contribution in [1.82, 2.24) is 20.2 Å². The number of carbonyl (C=O) groups is 1. The molecule has 5 rings (SSSR count). The van der Waals surface area contributed by atoms with Crippen molar-refractivity contribution in [2.24, 2.45) is 17.3 Å². The zero-order valence-corrected chi connectivity index (χ0v) is 18.2. The molecule has 6 nitrogen and oxygen atoms in total. The highest BCUT2D eigenvalue weighted by Crippen LogP contribution is 2.44. The van der Waals surface area contributed by atoms with Gasteiger partial charge in [-0.15, -0.1) is 0 Å². The first kappa shape index (κ1) is 20.4. The molecule has 1 saturated carbocycles. The molecule has 0 spiro atoms. The van der Waals surface area contributed by atoms with Crippen LogP contribution in [0.1, 0.15) is 31.2 Å². The molecular weight excluding hydrogens is 386 g/mol. The fourth-order valence-electron chi connectivity index (χ4n) is 5.36. The molecule has 0 radical (unpaired) electrons. The number of hydrogen-bond acceptors (Lipinski definition) is 5. The first-order valence-corrected chi connectivity index (χ1v) is 11.8. The minimum Gasteiger partial charge on any atom is -0.355 e. The molecule has 1 aromatic heterocycles. The van der Waals surface area contributed by atoms with Crippen LogP contribution in [0.4, 0.5) is 5.95 Å². The Hall–Kier alpha value is -2.47. The number of amides is 1. The van der Waals surface area contributed by atoms with Gasteiger partial charge in [-0.25, -0.2) is 9.97 Å². The van der Waals surface area contributed by atoms with Crippen molar-refractivity contribution in [2.75, 3.05) is 44.2 Å². The normalized spacial score (nSPS) is 26.3. The zero-order valence-electron chi connectivity index (χ0n) is 18.2. The highest BCUT2D eigenvalue weighted by molar-refractivity contribution is 5.84. The van der Waals surface area contributed by atoms with Crippen molar-refractivity contribution >= 4 is 11.9 Å². The highest BCUT2D eigenvalue weighted by atomic mass is 16.2. The summed E-state index contributed by atoms with van der Waals surface area (Å²) in [5, 5.41) is 3.32. The molecule has 3 aliphatic rings. The fraction of sp³-hybridized carbons (Fsp3) is 0.560. The van der Waals surface area contributed by atoms with Gasteiger partial charge in [0.05, 0.1) is 5.41 Å². The summed E-state index contributed by atoms with van der Waals surface area (Å²) >= 11 is 0. The largest absolute Gasteiger partial charge is 0.355 e. The van der Waals surface area contributed by atoms with E-state index < -0.39 is 0 Å². The number of nitrogens with one attached hydrogen (secondary N) is 1. The Morgan fingerprint density at radius 1 is 1.10 bits per heavy atom. The van der Waals surface area contributed by atoms with E-state index in [1.54, 1.807) is 12.4 Å². The van der Waals surface area contributed by atoms with Crippen molar-refractivity contribution in [3.63, 3.8) is 0 Å². The second kappa shape index (κ2) is 8.95. The van der Waals surface area contributed by atoms with E-state index in [0.29, 0.717) is 11.8 Å². The van der Waals surface area contributed by atoms with E-state index in [1.165, 1.54) is 18.4 Å². The number of rotatable bonds is 7. The summed E-state index contributed by atoms with van der Waals surface area (Å²) < 4.78 is 0. The summed E-state index contributed by atoms with van der Waals surface area (Å²) in [6.45, 7) is 5.50. The Kier molecular flexibility index (Phi) is 5.90. The smallest absolute Gasteiger partial charge is 0.228 e. The van der Waals surface area contributed by atoms with E-state index in [0.717, 1.165) is 64.5 Å². The van der Waals surface area contributed by atoms with E-state index in [-0.39, 0.29) is 11.3 Å². The standard InChI is InChI=1S/C25H33N5O/c31-23(28-16-21-8-9-21)25-11-4-14-29(15-10-20-6-2-1-3-7-20)17-22(25)18-30(19-25)24-26-12-5-13-27-24/h1-3,5-7,12-13,21-22H,4,8-11,14-19H2,(H,28,31)/t22-,25+/m0/s1. The molecule has 0 bridgehead atoms. The lowest BCUT2D eigenvalue weighted by atomic mass is 9.74. The molecular formula is C25H33N5O. The minimum absolute atomic E-state index is 0.257. The van der Waals surface area contributed by atoms with Crippen LogP contribution in [0.2, 0.25) is 0 Å². The molecule has 2 aliphatic heterocycles. The number of aromatic nitrogens is 2. The first-order valence-electron chi connectivity index (χ1n) is 11.8. The van der Waals surface area contributed by atoms with Gasteiger partial charge in [-0.05, 0) is 56.2 Å². The van der Waals surface area contributed by atoms with Crippen LogP contribution in [-0.2, 0) is 11.2 Å². The number of fused-ring (bicyclic) bond motifs is 1. The van der Waals surface area contributed by atoms with Crippen LogP contribution in [0.15, 0.2) is 48.8 Å². The first-order chi connectivity index (χ1) is 15.2. The van der Waals surface area contributed by atoms with Crippen LogP contribution in [0, 0.1) is 17.3 Å². The third-order valence-electron chi connectivity index (χ3n) is 7.37. The molecule has 3 fully saturated rings. The number of anilines is 1. The van der Waals surface area contributed by atoms with Gasteiger partial charge in [0.1, 0.15) is 0 Å². The fourth-order valence-corrected chi connectivity index (χ4v) is 5.36. The monoisotopic (exact) mass is 419 g/mol. The molecule has 0 unspecified atom stereocenters. The maximum absolute atomic E-state index is 13.6. The SMILES string of the molecule is O=C(NCC1CC1)[C@@]12CCCN(CCc3ccccc3)C[C@H]1CN(c1ncccn1)C2. The third kappa shape index (κ3) is 4.59. The molecule has 1 aliphatic carbocycles. The molecule has 3 heterocycles. The van der Waals surface area contributed by atoms with Crippen molar-refractivity contribution in [3.8, 4) is 0 Å². The predicted molar refractivity (Wildman–Crippen MR) is 122 cm³/mol. The van der Waals surface area contributed by atoms with Crippen molar-refractivity contribution in [1.29, 1.82) is 0 Å². The molecule has 1 N–H and O–H groups in total. The summed E-state index contributed by atoms with van der Waals surface area (Å²) in [6, 6.07) is 12.6. The predicted octanol–water partition coefficient (Wildman–Crippen LogP) is 2.76. The Morgan fingerprint density at radius 3 is 2.68 bits per heavy atom. The molecule has 6 heteroatoms. The van der Waals surface area contributed by atoms with Crippen molar-refractivity contribution in [2.45, 2.75) is 32.1 Å². The molecule has 2 saturated heterocycles. The molecule has 164 valence electrons. The van der Waals surface area contributed by atoms with Crippen LogP contribution in [-0.4, -0.2) is 60.0 Å². The van der Waals surface area contributed by atoms with E-state index in [9.17, 15) is 4.79 Å². The number of likely N-dealkylation sites (tertiary alicyclic amines) is 1. The average molecular weight is 420 g/mol. The van der Waals surface area contributed by atoms with E-state index in [4.69, 9.17) is 0 Å². The summed E-state index contributed by atoms with van der Waals surface area (Å²) in [5.74, 6) is 2.00. The third-order valence-corrected chi connectivity index (χ3v) is 7.37. The van der Waals surface area contributed by atoms with Crippen LogP contribution < -0.4 is 10.2 Å². The Labute approximate surface area is 185 Å². The Morgan fingerprint density at radius 2 is 1.90 bits per heavy atom. The van der Waals surface area contributed by atoms with Gasteiger partial charge in [-0.1, -0.05) is 30.3 Å². The Bertz CT molecular complexity index is 872. The van der Waals surface area contributed by atoms with E-state index >= 15 is 0 Å². The van der Waals surface area contributed by atoms with Gasteiger partial charge in [0, 0.05) is 51.0 Å². The maximum Gasteiger partial charge on any atom is 0.228 e. The molecule has 1 amide bonds. The lowest BCUT2D eigenvalue weighted by Crippen LogP contribution is -2.48.